The zero-order chi connectivity index (χ0) is 16.8. The molecular weight excluding hydrogens is 322 g/mol. The summed E-state index contributed by atoms with van der Waals surface area (Å²) < 4.78 is 5.32. The Labute approximate surface area is 136 Å². The molecule has 0 aromatic heterocycles. The molecule has 0 bridgehead atoms. The average molecular weight is 334 g/mol. The van der Waals surface area contributed by atoms with E-state index >= 15 is 0 Å². The summed E-state index contributed by atoms with van der Waals surface area (Å²) in [5.74, 6) is -0.560. The second kappa shape index (κ2) is 7.37. The number of ketones is 1. The number of rotatable bonds is 5. The lowest BCUT2D eigenvalue weighted by molar-refractivity contribution is -0.384. The molecule has 1 N–H and O–H groups in total. The van der Waals surface area contributed by atoms with Gasteiger partial charge in [0.2, 0.25) is 5.78 Å². The minimum Gasteiger partial charge on any atom is -0.435 e. The van der Waals surface area contributed by atoms with Crippen molar-refractivity contribution >= 4 is 34.7 Å². The standard InChI is InChI=1S/C15H12ClN3O4/c1-10(20)15(18-17-14-8-3-2-7-13(14)16)23-12-6-4-5-11(9-12)19(21)22/h2-9,17H,1H3. The normalized spacial score (nSPS) is 11.0. The number of halogens is 1. The van der Waals surface area contributed by atoms with Crippen LogP contribution in [0.4, 0.5) is 11.4 Å². The quantitative estimate of drug-likeness (QED) is 0.390. The maximum Gasteiger partial charge on any atom is 0.280 e. The Hall–Kier alpha value is -2.93. The van der Waals surface area contributed by atoms with E-state index in [2.05, 4.69) is 10.5 Å². The monoisotopic (exact) mass is 333 g/mol. The molecule has 8 heteroatoms. The third-order valence-corrected chi connectivity index (χ3v) is 3.03. The number of hydrogen-bond donors (Lipinski definition) is 1. The van der Waals surface area contributed by atoms with Gasteiger partial charge in [-0.05, 0) is 18.2 Å². The summed E-state index contributed by atoms with van der Waals surface area (Å²) in [5, 5.41) is 15.0. The summed E-state index contributed by atoms with van der Waals surface area (Å²) in [6.45, 7) is 1.27. The van der Waals surface area contributed by atoms with Crippen LogP contribution in [-0.2, 0) is 4.79 Å². The molecule has 7 nitrogen and oxygen atoms in total. The smallest absolute Gasteiger partial charge is 0.280 e. The number of hydrogen-bond acceptors (Lipinski definition) is 6. The van der Waals surface area contributed by atoms with E-state index in [1.807, 2.05) is 0 Å². The summed E-state index contributed by atoms with van der Waals surface area (Å²) >= 11 is 5.97. The van der Waals surface area contributed by atoms with Crippen molar-refractivity contribution < 1.29 is 14.5 Å². The molecule has 2 aromatic rings. The lowest BCUT2D eigenvalue weighted by atomic mass is 10.3. The number of carbonyl (C=O) groups is 1. The molecule has 2 rings (SSSR count). The number of non-ortho nitro benzene ring substituents is 1. The van der Waals surface area contributed by atoms with Gasteiger partial charge in [0.05, 0.1) is 21.7 Å². The molecular formula is C15H12ClN3O4. The number of nitrogens with zero attached hydrogens (tertiary/aromatic N) is 2. The number of nitrogens with one attached hydrogen (secondary N) is 1. The second-order valence-corrected chi connectivity index (χ2v) is 4.83. The van der Waals surface area contributed by atoms with Crippen LogP contribution in [0, 0.1) is 10.1 Å². The first-order valence-corrected chi connectivity index (χ1v) is 6.86. The number of nitro groups is 1. The van der Waals surface area contributed by atoms with Gasteiger partial charge in [0, 0.05) is 13.0 Å². The van der Waals surface area contributed by atoms with E-state index in [1.54, 1.807) is 24.3 Å². The molecule has 23 heavy (non-hydrogen) atoms. The van der Waals surface area contributed by atoms with E-state index < -0.39 is 10.7 Å². The zero-order valence-corrected chi connectivity index (χ0v) is 12.8. The lowest BCUT2D eigenvalue weighted by Crippen LogP contribution is -2.19. The molecule has 0 aliphatic rings. The van der Waals surface area contributed by atoms with Crippen LogP contribution < -0.4 is 10.2 Å². The average Bonchev–Trinajstić information content (AvgIpc) is 2.52. The number of anilines is 1. The van der Waals surface area contributed by atoms with Crippen LogP contribution in [0.1, 0.15) is 6.92 Å². The molecule has 0 heterocycles. The molecule has 0 unspecified atom stereocenters. The predicted octanol–water partition coefficient (Wildman–Crippen LogP) is 3.64. The number of carbonyl (C=O) groups excluding carboxylic acids is 1. The van der Waals surface area contributed by atoms with Crippen LogP contribution in [-0.4, -0.2) is 16.6 Å². The third-order valence-electron chi connectivity index (χ3n) is 2.70. The van der Waals surface area contributed by atoms with Crippen LogP contribution in [0.5, 0.6) is 5.75 Å². The van der Waals surface area contributed by atoms with Crippen molar-refractivity contribution in [1.82, 2.24) is 0 Å². The Kier molecular flexibility index (Phi) is 5.27. The molecule has 2 aromatic carbocycles. The van der Waals surface area contributed by atoms with Crippen molar-refractivity contribution in [2.24, 2.45) is 5.10 Å². The summed E-state index contributed by atoms with van der Waals surface area (Å²) in [5.41, 5.74) is 2.98. The van der Waals surface area contributed by atoms with Crippen molar-refractivity contribution in [3.05, 3.63) is 63.7 Å². The molecule has 0 aliphatic heterocycles. The molecule has 118 valence electrons. The van der Waals surface area contributed by atoms with Crippen molar-refractivity contribution in [2.75, 3.05) is 5.43 Å². The van der Waals surface area contributed by atoms with E-state index in [1.165, 1.54) is 31.2 Å². The lowest BCUT2D eigenvalue weighted by Gasteiger charge is -2.07. The number of nitro benzene ring substituents is 1. The molecule has 0 radical (unpaired) electrons. The van der Waals surface area contributed by atoms with Crippen LogP contribution in [0.2, 0.25) is 5.02 Å². The summed E-state index contributed by atoms with van der Waals surface area (Å²) in [7, 11) is 0. The van der Waals surface area contributed by atoms with Crippen molar-refractivity contribution in [1.29, 1.82) is 0 Å². The number of para-hydroxylation sites is 1. The van der Waals surface area contributed by atoms with Crippen LogP contribution in [0.15, 0.2) is 53.6 Å². The zero-order valence-electron chi connectivity index (χ0n) is 12.0. The molecule has 0 amide bonds. The third kappa shape index (κ3) is 4.52. The molecule has 0 saturated heterocycles. The Bertz CT molecular complexity index is 777. The second-order valence-electron chi connectivity index (χ2n) is 4.42. The highest BCUT2D eigenvalue weighted by Crippen LogP contribution is 2.21. The van der Waals surface area contributed by atoms with Gasteiger partial charge in [0.1, 0.15) is 5.75 Å². The van der Waals surface area contributed by atoms with E-state index in [0.717, 1.165) is 0 Å². The Balaban J connectivity index is 2.20. The molecule has 0 aliphatic carbocycles. The van der Waals surface area contributed by atoms with E-state index in [0.29, 0.717) is 10.7 Å². The fourth-order valence-electron chi connectivity index (χ4n) is 1.61. The highest BCUT2D eigenvalue weighted by molar-refractivity contribution is 6.36. The number of benzene rings is 2. The summed E-state index contributed by atoms with van der Waals surface area (Å²) in [6, 6.07) is 12.3. The topological polar surface area (TPSA) is 93.8 Å². The fourth-order valence-corrected chi connectivity index (χ4v) is 1.79. The molecule has 0 spiro atoms. The minimum atomic E-state index is -0.556. The Morgan fingerprint density at radius 3 is 2.65 bits per heavy atom. The van der Waals surface area contributed by atoms with Gasteiger partial charge in [-0.3, -0.25) is 20.3 Å². The van der Waals surface area contributed by atoms with E-state index in [4.69, 9.17) is 16.3 Å². The van der Waals surface area contributed by atoms with Gasteiger partial charge in [-0.1, -0.05) is 29.8 Å². The highest BCUT2D eigenvalue weighted by Gasteiger charge is 2.12. The van der Waals surface area contributed by atoms with Gasteiger partial charge < -0.3 is 4.74 Å². The fraction of sp³-hybridized carbons (Fsp3) is 0.0667. The first kappa shape index (κ1) is 16.4. The minimum absolute atomic E-state index is 0.133. The number of Topliss-reactive ketones (excluding diaryl/α,β-unsaturated/α-hetero) is 1. The number of ether oxygens (including phenoxy) is 1. The molecule has 0 fully saturated rings. The van der Waals surface area contributed by atoms with Gasteiger partial charge >= 0.3 is 0 Å². The molecule has 0 atom stereocenters. The van der Waals surface area contributed by atoms with E-state index in [9.17, 15) is 14.9 Å². The van der Waals surface area contributed by atoms with Gasteiger partial charge in [0.25, 0.3) is 11.6 Å². The SMILES string of the molecule is CC(=O)C(=NNc1ccccc1Cl)Oc1cccc([N+](=O)[O-])c1. The summed E-state index contributed by atoms with van der Waals surface area (Å²) in [4.78, 5) is 21.8. The van der Waals surface area contributed by atoms with Gasteiger partial charge in [0.15, 0.2) is 0 Å². The Morgan fingerprint density at radius 2 is 2.00 bits per heavy atom. The van der Waals surface area contributed by atoms with Crippen LogP contribution in [0.3, 0.4) is 0 Å². The number of hydrazone groups is 1. The predicted molar refractivity (Wildman–Crippen MR) is 86.9 cm³/mol. The first-order chi connectivity index (χ1) is 11.0. The largest absolute Gasteiger partial charge is 0.435 e. The first-order valence-electron chi connectivity index (χ1n) is 6.49. The van der Waals surface area contributed by atoms with Gasteiger partial charge in [-0.2, -0.15) is 0 Å². The van der Waals surface area contributed by atoms with Crippen molar-refractivity contribution in [3.63, 3.8) is 0 Å². The summed E-state index contributed by atoms with van der Waals surface area (Å²) in [6.07, 6.45) is 0. The van der Waals surface area contributed by atoms with Crippen LogP contribution >= 0.6 is 11.6 Å². The maximum absolute atomic E-state index is 11.6. The maximum atomic E-state index is 11.6. The van der Waals surface area contributed by atoms with Crippen molar-refractivity contribution in [3.8, 4) is 5.75 Å². The highest BCUT2D eigenvalue weighted by atomic mass is 35.5. The van der Waals surface area contributed by atoms with E-state index in [-0.39, 0.29) is 17.3 Å². The Morgan fingerprint density at radius 1 is 1.26 bits per heavy atom. The van der Waals surface area contributed by atoms with Crippen molar-refractivity contribution in [2.45, 2.75) is 6.92 Å². The van der Waals surface area contributed by atoms with Gasteiger partial charge in [-0.15, -0.1) is 5.10 Å². The molecule has 0 saturated carbocycles. The van der Waals surface area contributed by atoms with Gasteiger partial charge in [-0.25, -0.2) is 0 Å². The van der Waals surface area contributed by atoms with Crippen LogP contribution in [0.25, 0.3) is 0 Å².